The van der Waals surface area contributed by atoms with E-state index in [0.29, 0.717) is 5.69 Å². The van der Waals surface area contributed by atoms with Gasteiger partial charge in [-0.2, -0.15) is 0 Å². The van der Waals surface area contributed by atoms with Crippen LogP contribution in [0.3, 0.4) is 0 Å². The van der Waals surface area contributed by atoms with Gasteiger partial charge in [-0.15, -0.1) is 0 Å². The van der Waals surface area contributed by atoms with E-state index in [0.717, 1.165) is 0 Å². The Morgan fingerprint density at radius 2 is 2.00 bits per heavy atom. The molecule has 1 rings (SSSR count). The average molecular weight is 309 g/mol. The summed E-state index contributed by atoms with van der Waals surface area (Å²) in [7, 11) is -3.17. The first kappa shape index (κ1) is 10.6. The van der Waals surface area contributed by atoms with E-state index in [-0.39, 0.29) is 4.90 Å². The summed E-state index contributed by atoms with van der Waals surface area (Å²) < 4.78 is 24.0. The highest BCUT2D eigenvalue weighted by atomic mass is 127. The molecule has 0 radical (unpaired) electrons. The predicted molar refractivity (Wildman–Crippen MR) is 61.7 cm³/mol. The number of aliphatic imine (C=N–C) groups is 1. The van der Waals surface area contributed by atoms with E-state index in [1.807, 2.05) is 22.6 Å². The fourth-order valence-corrected chi connectivity index (χ4v) is 2.06. The summed E-state index contributed by atoms with van der Waals surface area (Å²) in [5.41, 5.74) is 0.486. The molecule has 70 valence electrons. The number of halogens is 1. The SMILES string of the molecule is CS(=O)(=O)c1ccccc1N=CI. The molecule has 1 aromatic rings. The number of sulfone groups is 1. The second-order valence-electron chi connectivity index (χ2n) is 2.47. The largest absolute Gasteiger partial charge is 0.249 e. The Labute approximate surface area is 90.9 Å². The van der Waals surface area contributed by atoms with Gasteiger partial charge in [0.05, 0.1) is 14.8 Å². The lowest BCUT2D eigenvalue weighted by atomic mass is 10.3. The Morgan fingerprint density at radius 1 is 1.38 bits per heavy atom. The van der Waals surface area contributed by atoms with Crippen LogP contribution in [0.1, 0.15) is 0 Å². The van der Waals surface area contributed by atoms with Gasteiger partial charge in [-0.05, 0) is 34.7 Å². The molecule has 0 aromatic heterocycles. The van der Waals surface area contributed by atoms with Crippen molar-refractivity contribution >= 4 is 42.3 Å². The Balaban J connectivity index is 3.37. The van der Waals surface area contributed by atoms with Gasteiger partial charge in [0.15, 0.2) is 9.84 Å². The van der Waals surface area contributed by atoms with Crippen LogP contribution in [-0.2, 0) is 9.84 Å². The van der Waals surface area contributed by atoms with Gasteiger partial charge in [0.2, 0.25) is 0 Å². The van der Waals surface area contributed by atoms with Crippen molar-refractivity contribution in [2.75, 3.05) is 6.26 Å². The monoisotopic (exact) mass is 309 g/mol. The quantitative estimate of drug-likeness (QED) is 0.621. The molecule has 0 saturated carbocycles. The third-order valence-corrected chi connectivity index (χ3v) is 2.88. The topological polar surface area (TPSA) is 46.5 Å². The molecule has 13 heavy (non-hydrogen) atoms. The molecular formula is C8H8INO2S. The van der Waals surface area contributed by atoms with E-state index in [2.05, 4.69) is 4.99 Å². The third-order valence-electron chi connectivity index (χ3n) is 1.45. The maximum Gasteiger partial charge on any atom is 0.177 e. The van der Waals surface area contributed by atoms with Crippen LogP contribution < -0.4 is 0 Å². The van der Waals surface area contributed by atoms with E-state index in [9.17, 15) is 8.42 Å². The molecule has 0 bridgehead atoms. The number of hydrogen-bond acceptors (Lipinski definition) is 3. The molecule has 5 heteroatoms. The molecule has 0 aliphatic heterocycles. The summed E-state index contributed by atoms with van der Waals surface area (Å²) in [6.45, 7) is 0. The molecule has 0 N–H and O–H groups in total. The molecule has 0 spiro atoms. The highest BCUT2D eigenvalue weighted by Crippen LogP contribution is 2.23. The summed E-state index contributed by atoms with van der Waals surface area (Å²) in [6.07, 6.45) is 1.18. The van der Waals surface area contributed by atoms with Gasteiger partial charge in [0.1, 0.15) is 0 Å². The first-order valence-electron chi connectivity index (χ1n) is 3.47. The molecular weight excluding hydrogens is 301 g/mol. The second kappa shape index (κ2) is 4.19. The number of benzene rings is 1. The lowest BCUT2D eigenvalue weighted by molar-refractivity contribution is 0.602. The van der Waals surface area contributed by atoms with Crippen LogP contribution in [-0.4, -0.2) is 18.9 Å². The zero-order chi connectivity index (χ0) is 9.90. The van der Waals surface area contributed by atoms with Crippen LogP contribution in [0.5, 0.6) is 0 Å². The molecule has 3 nitrogen and oxygen atoms in total. The van der Waals surface area contributed by atoms with Crippen LogP contribution in [0.4, 0.5) is 5.69 Å². The number of nitrogens with zero attached hydrogens (tertiary/aromatic N) is 1. The molecule has 1 aromatic carbocycles. The smallest absolute Gasteiger partial charge is 0.177 e. The Kier molecular flexibility index (Phi) is 3.43. The molecule has 0 saturated heterocycles. The molecule has 0 fully saturated rings. The summed E-state index contributed by atoms with van der Waals surface area (Å²) in [5.74, 6) is 0. The zero-order valence-electron chi connectivity index (χ0n) is 6.94. The summed E-state index contributed by atoms with van der Waals surface area (Å²) in [6, 6.07) is 6.66. The van der Waals surface area contributed by atoms with Crippen molar-refractivity contribution in [2.45, 2.75) is 4.90 Å². The van der Waals surface area contributed by atoms with E-state index in [4.69, 9.17) is 0 Å². The van der Waals surface area contributed by atoms with E-state index in [1.54, 1.807) is 28.5 Å². The minimum Gasteiger partial charge on any atom is -0.249 e. The van der Waals surface area contributed by atoms with Gasteiger partial charge in [0, 0.05) is 6.26 Å². The van der Waals surface area contributed by atoms with Crippen molar-refractivity contribution in [3.05, 3.63) is 24.3 Å². The summed E-state index contributed by atoms with van der Waals surface area (Å²) in [5, 5.41) is 0. The van der Waals surface area contributed by atoms with Gasteiger partial charge >= 0.3 is 0 Å². The number of rotatable bonds is 2. The summed E-state index contributed by atoms with van der Waals surface area (Å²) >= 11 is 1.95. The highest BCUT2D eigenvalue weighted by Gasteiger charge is 2.10. The Morgan fingerprint density at radius 3 is 2.54 bits per heavy atom. The summed E-state index contributed by atoms with van der Waals surface area (Å²) in [4.78, 5) is 4.22. The minimum atomic E-state index is -3.17. The minimum absolute atomic E-state index is 0.267. The van der Waals surface area contributed by atoms with Crippen molar-refractivity contribution in [1.29, 1.82) is 0 Å². The molecule has 0 aliphatic rings. The second-order valence-corrected chi connectivity index (χ2v) is 5.01. The molecule has 0 amide bonds. The Hall–Kier alpha value is -0.430. The van der Waals surface area contributed by atoms with Gasteiger partial charge in [-0.3, -0.25) is 0 Å². The fraction of sp³-hybridized carbons (Fsp3) is 0.125. The lowest BCUT2D eigenvalue weighted by Gasteiger charge is -2.00. The number of para-hydroxylation sites is 1. The van der Waals surface area contributed by atoms with Crippen molar-refractivity contribution in [3.8, 4) is 0 Å². The maximum absolute atomic E-state index is 11.3. The van der Waals surface area contributed by atoms with Crippen LogP contribution in [0.2, 0.25) is 0 Å². The van der Waals surface area contributed by atoms with Crippen molar-refractivity contribution in [2.24, 2.45) is 4.99 Å². The third kappa shape index (κ3) is 2.77. The Bertz CT molecular complexity index is 426. The molecule has 0 heterocycles. The van der Waals surface area contributed by atoms with Gasteiger partial charge < -0.3 is 0 Å². The normalized spacial score (nSPS) is 12.2. The van der Waals surface area contributed by atoms with Crippen molar-refractivity contribution in [1.82, 2.24) is 0 Å². The van der Waals surface area contributed by atoms with Crippen molar-refractivity contribution in [3.63, 3.8) is 0 Å². The molecule has 0 unspecified atom stereocenters. The maximum atomic E-state index is 11.3. The van der Waals surface area contributed by atoms with Gasteiger partial charge in [0.25, 0.3) is 0 Å². The predicted octanol–water partition coefficient (Wildman–Crippen LogP) is 2.18. The van der Waals surface area contributed by atoms with Gasteiger partial charge in [-0.1, -0.05) is 12.1 Å². The van der Waals surface area contributed by atoms with E-state index >= 15 is 0 Å². The fourth-order valence-electron chi connectivity index (χ4n) is 0.930. The van der Waals surface area contributed by atoms with E-state index < -0.39 is 9.84 Å². The first-order valence-corrected chi connectivity index (χ1v) is 6.61. The van der Waals surface area contributed by atoms with Crippen LogP contribution in [0, 0.1) is 0 Å². The average Bonchev–Trinajstić information content (AvgIpc) is 2.04. The standard InChI is InChI=1S/C8H8INO2S/c1-13(11,12)8-5-3-2-4-7(8)10-6-9/h2-6H,1H3. The van der Waals surface area contributed by atoms with Gasteiger partial charge in [-0.25, -0.2) is 13.4 Å². The van der Waals surface area contributed by atoms with Crippen molar-refractivity contribution < 1.29 is 8.42 Å². The molecule has 0 atom stereocenters. The first-order chi connectivity index (χ1) is 6.05. The van der Waals surface area contributed by atoms with E-state index in [1.165, 1.54) is 6.26 Å². The van der Waals surface area contributed by atoms with Crippen LogP contribution in [0.15, 0.2) is 34.2 Å². The van der Waals surface area contributed by atoms with Crippen LogP contribution in [0.25, 0.3) is 0 Å². The zero-order valence-corrected chi connectivity index (χ0v) is 9.91. The highest BCUT2D eigenvalue weighted by molar-refractivity contribution is 14.1. The lowest BCUT2D eigenvalue weighted by Crippen LogP contribution is -1.96. The van der Waals surface area contributed by atoms with Crippen LogP contribution >= 0.6 is 22.6 Å². The molecule has 0 aliphatic carbocycles. The number of hydrogen-bond donors (Lipinski definition) is 0.